The highest BCUT2D eigenvalue weighted by Gasteiger charge is 2.69. The predicted molar refractivity (Wildman–Crippen MR) is 93.7 cm³/mol. The van der Waals surface area contributed by atoms with Gasteiger partial charge in [-0.1, -0.05) is 30.3 Å². The minimum absolute atomic E-state index is 0.0275. The van der Waals surface area contributed by atoms with Crippen molar-refractivity contribution in [2.75, 3.05) is 5.32 Å². The number of halogens is 2. The van der Waals surface area contributed by atoms with Crippen molar-refractivity contribution in [3.63, 3.8) is 0 Å². The van der Waals surface area contributed by atoms with Gasteiger partial charge in [-0.2, -0.15) is 10.5 Å². The molecule has 0 bridgehead atoms. The number of hydrogen-bond donors (Lipinski definition) is 1. The van der Waals surface area contributed by atoms with Crippen molar-refractivity contribution in [2.24, 2.45) is 5.41 Å². The van der Waals surface area contributed by atoms with Gasteiger partial charge in [-0.25, -0.2) is 8.78 Å². The van der Waals surface area contributed by atoms with E-state index in [1.807, 2.05) is 12.1 Å². The van der Waals surface area contributed by atoms with Crippen LogP contribution in [0.4, 0.5) is 14.5 Å². The molecule has 1 saturated carbocycles. The zero-order valence-electron chi connectivity index (χ0n) is 14.5. The van der Waals surface area contributed by atoms with Crippen LogP contribution in [0, 0.1) is 39.7 Å². The SMILES string of the molecule is N#CC1(C#N)[C@@H](c2ccccc2)CC(=O)C[C@@]12C(=O)Nc1cc(F)c(F)cc12. The summed E-state index contributed by atoms with van der Waals surface area (Å²) in [6.07, 6.45) is -0.527. The van der Waals surface area contributed by atoms with Crippen molar-refractivity contribution in [1.82, 2.24) is 0 Å². The molecule has 1 N–H and O–H groups in total. The number of nitriles is 2. The number of carbonyl (C=O) groups is 2. The minimum Gasteiger partial charge on any atom is -0.325 e. The molecule has 0 saturated heterocycles. The van der Waals surface area contributed by atoms with Gasteiger partial charge in [-0.05, 0) is 17.2 Å². The van der Waals surface area contributed by atoms with Gasteiger partial charge in [0.15, 0.2) is 17.0 Å². The van der Waals surface area contributed by atoms with Gasteiger partial charge in [0.05, 0.1) is 12.1 Å². The Kier molecular flexibility index (Phi) is 3.80. The molecule has 0 aromatic heterocycles. The third-order valence-corrected chi connectivity index (χ3v) is 5.80. The van der Waals surface area contributed by atoms with Crippen LogP contribution in [0.15, 0.2) is 42.5 Å². The second-order valence-corrected chi connectivity index (χ2v) is 7.09. The van der Waals surface area contributed by atoms with Crippen LogP contribution in [-0.2, 0) is 15.0 Å². The molecule has 1 aliphatic heterocycles. The average Bonchev–Trinajstić information content (AvgIpc) is 2.95. The lowest BCUT2D eigenvalue weighted by molar-refractivity contribution is -0.134. The molecule has 1 heterocycles. The molecule has 2 aromatic carbocycles. The van der Waals surface area contributed by atoms with Crippen LogP contribution in [-0.4, -0.2) is 11.7 Å². The van der Waals surface area contributed by atoms with Gasteiger partial charge in [-0.15, -0.1) is 0 Å². The van der Waals surface area contributed by atoms with E-state index in [0.717, 1.165) is 12.1 Å². The Morgan fingerprint density at radius 2 is 1.68 bits per heavy atom. The number of nitrogens with one attached hydrogen (secondary N) is 1. The predicted octanol–water partition coefficient (Wildman–Crippen LogP) is 3.33. The highest BCUT2D eigenvalue weighted by Crippen LogP contribution is 2.61. The molecule has 5 nitrogen and oxygen atoms in total. The molecule has 2 aliphatic rings. The van der Waals surface area contributed by atoms with Crippen molar-refractivity contribution < 1.29 is 18.4 Å². The lowest BCUT2D eigenvalue weighted by Gasteiger charge is -2.46. The first-order chi connectivity index (χ1) is 13.4. The molecule has 4 rings (SSSR count). The quantitative estimate of drug-likeness (QED) is 0.825. The Morgan fingerprint density at radius 1 is 1.04 bits per heavy atom. The first-order valence-electron chi connectivity index (χ1n) is 8.60. The summed E-state index contributed by atoms with van der Waals surface area (Å²) in [6, 6.07) is 14.1. The Balaban J connectivity index is 2.05. The van der Waals surface area contributed by atoms with E-state index in [1.54, 1.807) is 30.3 Å². The summed E-state index contributed by atoms with van der Waals surface area (Å²) in [7, 11) is 0. The van der Waals surface area contributed by atoms with E-state index >= 15 is 0 Å². The number of fused-ring (bicyclic) bond motifs is 2. The zero-order valence-corrected chi connectivity index (χ0v) is 14.5. The maximum Gasteiger partial charge on any atom is 0.238 e. The number of anilines is 1. The monoisotopic (exact) mass is 377 g/mol. The molecule has 1 amide bonds. The summed E-state index contributed by atoms with van der Waals surface area (Å²) in [5.74, 6) is -4.38. The molecule has 28 heavy (non-hydrogen) atoms. The zero-order chi connectivity index (χ0) is 20.1. The van der Waals surface area contributed by atoms with Crippen molar-refractivity contribution in [2.45, 2.75) is 24.2 Å². The second kappa shape index (κ2) is 5.97. The molecule has 1 spiro atoms. The molecular formula is C21H13F2N3O2. The summed E-state index contributed by atoms with van der Waals surface area (Å²) in [5.41, 5.74) is -3.39. The smallest absolute Gasteiger partial charge is 0.238 e. The maximum absolute atomic E-state index is 14.1. The molecule has 1 aliphatic carbocycles. The highest BCUT2D eigenvalue weighted by molar-refractivity contribution is 6.11. The van der Waals surface area contributed by atoms with Gasteiger partial charge >= 0.3 is 0 Å². The van der Waals surface area contributed by atoms with Crippen molar-refractivity contribution in [3.8, 4) is 12.1 Å². The Bertz CT molecular complexity index is 1090. The highest BCUT2D eigenvalue weighted by atomic mass is 19.2. The van der Waals surface area contributed by atoms with Gasteiger partial charge in [0.25, 0.3) is 0 Å². The van der Waals surface area contributed by atoms with E-state index in [2.05, 4.69) is 5.32 Å². The fraction of sp³-hybridized carbons (Fsp3) is 0.238. The van der Waals surface area contributed by atoms with E-state index in [4.69, 9.17) is 0 Å². The molecule has 2 atom stereocenters. The number of ketones is 1. The van der Waals surface area contributed by atoms with Gasteiger partial charge in [0.2, 0.25) is 5.91 Å². The lowest BCUT2D eigenvalue weighted by atomic mass is 9.49. The number of rotatable bonds is 1. The number of hydrogen-bond acceptors (Lipinski definition) is 4. The summed E-state index contributed by atoms with van der Waals surface area (Å²) in [5, 5.41) is 22.7. The van der Waals surface area contributed by atoms with Crippen LogP contribution in [0.25, 0.3) is 0 Å². The minimum atomic E-state index is -1.97. The first kappa shape index (κ1) is 17.8. The van der Waals surface area contributed by atoms with Gasteiger partial charge in [-0.3, -0.25) is 9.59 Å². The second-order valence-electron chi connectivity index (χ2n) is 7.09. The summed E-state index contributed by atoms with van der Waals surface area (Å²) in [4.78, 5) is 25.7. The van der Waals surface area contributed by atoms with E-state index < -0.39 is 40.7 Å². The van der Waals surface area contributed by atoms with Crippen LogP contribution < -0.4 is 5.32 Å². The Hall–Kier alpha value is -3.58. The van der Waals surface area contributed by atoms with Crippen LogP contribution in [0.2, 0.25) is 0 Å². The fourth-order valence-electron chi connectivity index (χ4n) is 4.53. The van der Waals surface area contributed by atoms with Crippen molar-refractivity contribution >= 4 is 17.4 Å². The number of nitrogens with zero attached hydrogens (tertiary/aromatic N) is 2. The summed E-state index contributed by atoms with van der Waals surface area (Å²) in [6.45, 7) is 0. The molecule has 2 aromatic rings. The Labute approximate surface area is 159 Å². The van der Waals surface area contributed by atoms with E-state index in [9.17, 15) is 28.9 Å². The number of benzene rings is 2. The van der Waals surface area contributed by atoms with Crippen LogP contribution in [0.5, 0.6) is 0 Å². The number of Topliss-reactive ketones (excluding diaryl/α,β-unsaturated/α-hetero) is 1. The molecule has 0 unspecified atom stereocenters. The molecule has 7 heteroatoms. The first-order valence-corrected chi connectivity index (χ1v) is 8.60. The van der Waals surface area contributed by atoms with Gasteiger partial charge in [0.1, 0.15) is 11.2 Å². The van der Waals surface area contributed by atoms with Gasteiger partial charge < -0.3 is 5.32 Å². The normalized spacial score (nSPS) is 24.9. The summed E-state index contributed by atoms with van der Waals surface area (Å²) < 4.78 is 27.8. The van der Waals surface area contributed by atoms with Crippen molar-refractivity contribution in [1.29, 1.82) is 10.5 Å². The van der Waals surface area contributed by atoms with Crippen LogP contribution in [0.3, 0.4) is 0 Å². The average molecular weight is 377 g/mol. The van der Waals surface area contributed by atoms with Gasteiger partial charge in [0, 0.05) is 30.5 Å². The maximum atomic E-state index is 14.1. The standard InChI is InChI=1S/C21H13F2N3O2/c22-16-7-15-18(8-17(16)23)26-19(28)21(15)9-13(27)6-14(20(21,10-24)11-25)12-4-2-1-3-5-12/h1-5,7-8,14H,6,9H2,(H,26,28)/t14-,21-/m1/s1. The Morgan fingerprint density at radius 3 is 2.32 bits per heavy atom. The molecular weight excluding hydrogens is 364 g/mol. The molecule has 1 fully saturated rings. The third-order valence-electron chi connectivity index (χ3n) is 5.80. The molecule has 138 valence electrons. The van der Waals surface area contributed by atoms with E-state index in [0.29, 0.717) is 5.56 Å². The largest absolute Gasteiger partial charge is 0.325 e. The third kappa shape index (κ3) is 2.07. The lowest BCUT2D eigenvalue weighted by Crippen LogP contribution is -2.56. The van der Waals surface area contributed by atoms with Crippen LogP contribution in [0.1, 0.15) is 29.9 Å². The summed E-state index contributed by atoms with van der Waals surface area (Å²) >= 11 is 0. The van der Waals surface area contributed by atoms with E-state index in [1.165, 1.54) is 0 Å². The number of amides is 1. The molecule has 0 radical (unpaired) electrons. The van der Waals surface area contributed by atoms with E-state index in [-0.39, 0.29) is 23.5 Å². The van der Waals surface area contributed by atoms with Crippen LogP contribution >= 0.6 is 0 Å². The van der Waals surface area contributed by atoms with Crippen molar-refractivity contribution in [3.05, 3.63) is 65.2 Å². The fourth-order valence-corrected chi connectivity index (χ4v) is 4.53. The topological polar surface area (TPSA) is 93.8 Å². The number of carbonyl (C=O) groups excluding carboxylic acids is 2.